The van der Waals surface area contributed by atoms with Crippen molar-refractivity contribution in [1.82, 2.24) is 0 Å². The van der Waals surface area contributed by atoms with Crippen molar-refractivity contribution in [2.45, 2.75) is 103 Å². The van der Waals surface area contributed by atoms with Gasteiger partial charge >= 0.3 is 0 Å². The standard InChI is InChI=1S/C25H38F2/c1-3-5-6-7-22-16-17-23(25(27)24(22)26)21-14-12-20(13-15-21)19-10-8-18(4-2)9-11-19/h16-21H,3-15H2,1-2H3/t18-,19-,20-,21-. The van der Waals surface area contributed by atoms with E-state index in [1.807, 2.05) is 12.1 Å². The fourth-order valence-electron chi connectivity index (χ4n) is 5.65. The summed E-state index contributed by atoms with van der Waals surface area (Å²) in [6.45, 7) is 4.45. The molecular weight excluding hydrogens is 338 g/mol. The van der Waals surface area contributed by atoms with Crippen LogP contribution in [0, 0.1) is 29.4 Å². The van der Waals surface area contributed by atoms with Crippen LogP contribution in [0.25, 0.3) is 0 Å². The van der Waals surface area contributed by atoms with Crippen molar-refractivity contribution in [3.63, 3.8) is 0 Å². The molecule has 152 valence electrons. The Kier molecular flexibility index (Phi) is 7.73. The largest absolute Gasteiger partial charge is 0.203 e. The summed E-state index contributed by atoms with van der Waals surface area (Å²) in [7, 11) is 0. The molecule has 0 spiro atoms. The van der Waals surface area contributed by atoms with Crippen molar-refractivity contribution in [3.8, 4) is 0 Å². The smallest absolute Gasteiger partial charge is 0.162 e. The predicted molar refractivity (Wildman–Crippen MR) is 110 cm³/mol. The third kappa shape index (κ3) is 5.12. The highest BCUT2D eigenvalue weighted by Crippen LogP contribution is 2.44. The molecule has 2 aliphatic carbocycles. The highest BCUT2D eigenvalue weighted by molar-refractivity contribution is 5.29. The van der Waals surface area contributed by atoms with Gasteiger partial charge in [-0.1, -0.05) is 58.1 Å². The van der Waals surface area contributed by atoms with Crippen LogP contribution in [-0.2, 0) is 6.42 Å². The number of rotatable bonds is 7. The minimum absolute atomic E-state index is 0.215. The average Bonchev–Trinajstić information content (AvgIpc) is 2.72. The summed E-state index contributed by atoms with van der Waals surface area (Å²) in [5.74, 6) is 1.73. The molecule has 0 nitrogen and oxygen atoms in total. The summed E-state index contributed by atoms with van der Waals surface area (Å²) in [5.41, 5.74) is 1.20. The molecule has 0 radical (unpaired) electrons. The lowest BCUT2D eigenvalue weighted by molar-refractivity contribution is 0.158. The van der Waals surface area contributed by atoms with Crippen molar-refractivity contribution >= 4 is 0 Å². The van der Waals surface area contributed by atoms with Gasteiger partial charge < -0.3 is 0 Å². The molecule has 2 fully saturated rings. The summed E-state index contributed by atoms with van der Waals surface area (Å²) in [6, 6.07) is 3.73. The summed E-state index contributed by atoms with van der Waals surface area (Å²) in [6.07, 6.45) is 15.2. The van der Waals surface area contributed by atoms with Crippen molar-refractivity contribution in [2.75, 3.05) is 0 Å². The monoisotopic (exact) mass is 376 g/mol. The van der Waals surface area contributed by atoms with E-state index in [4.69, 9.17) is 0 Å². The van der Waals surface area contributed by atoms with Crippen LogP contribution in [0.1, 0.15) is 108 Å². The van der Waals surface area contributed by atoms with E-state index in [-0.39, 0.29) is 5.92 Å². The molecule has 0 atom stereocenters. The fourth-order valence-corrected chi connectivity index (χ4v) is 5.65. The third-order valence-electron chi connectivity index (χ3n) is 7.59. The maximum Gasteiger partial charge on any atom is 0.162 e. The van der Waals surface area contributed by atoms with E-state index in [9.17, 15) is 8.78 Å². The summed E-state index contributed by atoms with van der Waals surface area (Å²) in [4.78, 5) is 0. The zero-order chi connectivity index (χ0) is 19.2. The van der Waals surface area contributed by atoms with Gasteiger partial charge in [0.15, 0.2) is 11.6 Å². The molecule has 0 unspecified atom stereocenters. The van der Waals surface area contributed by atoms with Crippen LogP contribution in [-0.4, -0.2) is 0 Å². The molecule has 0 N–H and O–H groups in total. The minimum atomic E-state index is -0.580. The molecule has 3 rings (SSSR count). The van der Waals surface area contributed by atoms with Crippen LogP contribution in [0.4, 0.5) is 8.78 Å². The molecule has 0 amide bonds. The van der Waals surface area contributed by atoms with E-state index >= 15 is 0 Å². The van der Waals surface area contributed by atoms with Crippen molar-refractivity contribution < 1.29 is 8.78 Å². The van der Waals surface area contributed by atoms with Gasteiger partial charge in [0.25, 0.3) is 0 Å². The van der Waals surface area contributed by atoms with Crippen molar-refractivity contribution in [2.24, 2.45) is 17.8 Å². The molecule has 27 heavy (non-hydrogen) atoms. The number of halogens is 2. The number of unbranched alkanes of at least 4 members (excludes halogenated alkanes) is 2. The van der Waals surface area contributed by atoms with Gasteiger partial charge in [0.2, 0.25) is 0 Å². The zero-order valence-corrected chi connectivity index (χ0v) is 17.4. The Balaban J connectivity index is 1.55. The Hall–Kier alpha value is -0.920. The van der Waals surface area contributed by atoms with Gasteiger partial charge in [-0.3, -0.25) is 0 Å². The van der Waals surface area contributed by atoms with E-state index in [2.05, 4.69) is 13.8 Å². The van der Waals surface area contributed by atoms with Gasteiger partial charge in [-0.05, 0) is 86.2 Å². The van der Waals surface area contributed by atoms with Gasteiger partial charge in [0, 0.05) is 0 Å². The molecule has 0 heterocycles. The summed E-state index contributed by atoms with van der Waals surface area (Å²) < 4.78 is 29.2. The number of hydrogen-bond acceptors (Lipinski definition) is 0. The normalized spacial score (nSPS) is 29.0. The second-order valence-electron chi connectivity index (χ2n) is 9.20. The molecule has 2 aliphatic rings. The van der Waals surface area contributed by atoms with Crippen LogP contribution < -0.4 is 0 Å². The Bertz CT molecular complexity index is 578. The Labute approximate surface area is 165 Å². The Morgan fingerprint density at radius 1 is 0.778 bits per heavy atom. The molecule has 0 aliphatic heterocycles. The fraction of sp³-hybridized carbons (Fsp3) is 0.760. The maximum atomic E-state index is 14.7. The lowest BCUT2D eigenvalue weighted by Gasteiger charge is -2.38. The molecule has 0 aromatic heterocycles. The first-order valence-electron chi connectivity index (χ1n) is 11.6. The number of benzene rings is 1. The highest BCUT2D eigenvalue weighted by Gasteiger charge is 2.32. The number of hydrogen-bond donors (Lipinski definition) is 0. The first kappa shape index (κ1) is 20.8. The van der Waals surface area contributed by atoms with Gasteiger partial charge in [0.05, 0.1) is 0 Å². The van der Waals surface area contributed by atoms with Gasteiger partial charge in [-0.2, -0.15) is 0 Å². The third-order valence-corrected chi connectivity index (χ3v) is 7.59. The quantitative estimate of drug-likeness (QED) is 0.421. The summed E-state index contributed by atoms with van der Waals surface area (Å²) >= 11 is 0. The van der Waals surface area contributed by atoms with Crippen molar-refractivity contribution in [3.05, 3.63) is 34.9 Å². The van der Waals surface area contributed by atoms with E-state index in [1.54, 1.807) is 0 Å². The molecule has 2 heteroatoms. The van der Waals surface area contributed by atoms with Crippen LogP contribution in [0.2, 0.25) is 0 Å². The molecule has 0 bridgehead atoms. The SMILES string of the molecule is CCCCCc1ccc([C@H]2CC[C@H]([C@H]3CC[C@H](CC)CC3)CC2)c(F)c1F. The first-order chi connectivity index (χ1) is 13.1. The molecule has 2 saturated carbocycles. The Morgan fingerprint density at radius 3 is 2.00 bits per heavy atom. The van der Waals surface area contributed by atoms with Crippen LogP contribution in [0.3, 0.4) is 0 Å². The zero-order valence-electron chi connectivity index (χ0n) is 17.4. The maximum absolute atomic E-state index is 14.7. The van der Waals surface area contributed by atoms with Crippen molar-refractivity contribution in [1.29, 1.82) is 0 Å². The van der Waals surface area contributed by atoms with E-state index in [0.717, 1.165) is 49.9 Å². The molecular formula is C25H38F2. The number of aryl methyl sites for hydroxylation is 1. The topological polar surface area (TPSA) is 0 Å². The van der Waals surface area contributed by atoms with E-state index in [1.165, 1.54) is 44.9 Å². The van der Waals surface area contributed by atoms with E-state index in [0.29, 0.717) is 17.5 Å². The molecule has 1 aromatic carbocycles. The average molecular weight is 377 g/mol. The molecule has 0 saturated heterocycles. The minimum Gasteiger partial charge on any atom is -0.203 e. The molecule has 1 aromatic rings. The van der Waals surface area contributed by atoms with Gasteiger partial charge in [-0.15, -0.1) is 0 Å². The first-order valence-corrected chi connectivity index (χ1v) is 11.6. The summed E-state index contributed by atoms with van der Waals surface area (Å²) in [5, 5.41) is 0. The second kappa shape index (κ2) is 10.0. The highest BCUT2D eigenvalue weighted by atomic mass is 19.2. The van der Waals surface area contributed by atoms with Crippen LogP contribution >= 0.6 is 0 Å². The lowest BCUT2D eigenvalue weighted by atomic mass is 9.68. The predicted octanol–water partition coefficient (Wildman–Crippen LogP) is 8.19. The second-order valence-corrected chi connectivity index (χ2v) is 9.20. The van der Waals surface area contributed by atoms with E-state index < -0.39 is 11.6 Å². The Morgan fingerprint density at radius 2 is 1.41 bits per heavy atom. The van der Waals surface area contributed by atoms with Crippen LogP contribution in [0.5, 0.6) is 0 Å². The van der Waals surface area contributed by atoms with Gasteiger partial charge in [-0.25, -0.2) is 8.78 Å². The van der Waals surface area contributed by atoms with Crippen LogP contribution in [0.15, 0.2) is 12.1 Å². The van der Waals surface area contributed by atoms with Gasteiger partial charge in [0.1, 0.15) is 0 Å². The lowest BCUT2D eigenvalue weighted by Crippen LogP contribution is -2.25.